The van der Waals surface area contributed by atoms with Crippen LogP contribution in [-0.2, 0) is 0 Å². The van der Waals surface area contributed by atoms with Crippen molar-refractivity contribution in [3.05, 3.63) is 47.9 Å². The second kappa shape index (κ2) is 5.20. The molecule has 0 aliphatic carbocycles. The van der Waals surface area contributed by atoms with E-state index in [1.807, 2.05) is 18.3 Å². The predicted molar refractivity (Wildman–Crippen MR) is 83.8 cm³/mol. The number of nitrogens with zero attached hydrogens (tertiary/aromatic N) is 3. The van der Waals surface area contributed by atoms with Gasteiger partial charge in [0.15, 0.2) is 0 Å². The molecule has 3 heterocycles. The fraction of sp³-hybridized carbons (Fsp3) is 0.294. The molecule has 0 saturated carbocycles. The highest BCUT2D eigenvalue weighted by atomic mass is 16.5. The van der Waals surface area contributed by atoms with Crippen LogP contribution in [0.25, 0.3) is 16.9 Å². The molecule has 0 aliphatic rings. The van der Waals surface area contributed by atoms with Gasteiger partial charge < -0.3 is 9.14 Å². The number of rotatable bonds is 3. The lowest BCUT2D eigenvalue weighted by atomic mass is 10.0. The molecule has 4 nitrogen and oxygen atoms in total. The Hall–Kier alpha value is -2.36. The molecule has 0 spiro atoms. The van der Waals surface area contributed by atoms with Gasteiger partial charge in [-0.1, -0.05) is 19.9 Å². The quantitative estimate of drug-likeness (QED) is 0.732. The highest BCUT2D eigenvalue weighted by Crippen LogP contribution is 2.30. The molecule has 0 radical (unpaired) electrons. The standard InChI is InChI=1S/C17H19N3O/c1-11(2)16-15(13-7-8-14(21-4)18-10-13)19-17-12(3)6-5-9-20(16)17/h5-11H,1-4H3. The summed E-state index contributed by atoms with van der Waals surface area (Å²) in [5.41, 5.74) is 5.40. The summed E-state index contributed by atoms with van der Waals surface area (Å²) in [6.45, 7) is 6.46. The third-order valence-electron chi connectivity index (χ3n) is 3.65. The lowest BCUT2D eigenvalue weighted by Crippen LogP contribution is -1.97. The second-order valence-corrected chi connectivity index (χ2v) is 5.47. The first-order chi connectivity index (χ1) is 10.1. The van der Waals surface area contributed by atoms with Crippen molar-refractivity contribution < 1.29 is 4.74 Å². The zero-order valence-electron chi connectivity index (χ0n) is 12.8. The van der Waals surface area contributed by atoms with E-state index in [2.05, 4.69) is 48.5 Å². The number of aromatic nitrogens is 3. The molecule has 0 aliphatic heterocycles. The van der Waals surface area contributed by atoms with Crippen LogP contribution in [0, 0.1) is 6.92 Å². The number of imidazole rings is 1. The Balaban J connectivity index is 2.25. The average Bonchev–Trinajstić information content (AvgIpc) is 2.88. The first-order valence-electron chi connectivity index (χ1n) is 7.09. The number of aryl methyl sites for hydroxylation is 1. The Morgan fingerprint density at radius 1 is 1.19 bits per heavy atom. The van der Waals surface area contributed by atoms with Crippen molar-refractivity contribution in [1.82, 2.24) is 14.4 Å². The van der Waals surface area contributed by atoms with Crippen molar-refractivity contribution in [3.63, 3.8) is 0 Å². The molecule has 0 amide bonds. The Bertz CT molecular complexity index is 773. The fourth-order valence-electron chi connectivity index (χ4n) is 2.63. The van der Waals surface area contributed by atoms with Gasteiger partial charge in [-0.3, -0.25) is 0 Å². The zero-order valence-corrected chi connectivity index (χ0v) is 12.8. The van der Waals surface area contributed by atoms with E-state index in [0.29, 0.717) is 11.8 Å². The largest absolute Gasteiger partial charge is 0.481 e. The van der Waals surface area contributed by atoms with Crippen LogP contribution in [-0.4, -0.2) is 21.5 Å². The summed E-state index contributed by atoms with van der Waals surface area (Å²) in [4.78, 5) is 9.14. The van der Waals surface area contributed by atoms with E-state index in [4.69, 9.17) is 9.72 Å². The number of hydrogen-bond acceptors (Lipinski definition) is 3. The Kier molecular flexibility index (Phi) is 3.37. The summed E-state index contributed by atoms with van der Waals surface area (Å²) in [5.74, 6) is 0.990. The average molecular weight is 281 g/mol. The van der Waals surface area contributed by atoms with Crippen LogP contribution < -0.4 is 4.74 Å². The van der Waals surface area contributed by atoms with E-state index in [0.717, 1.165) is 16.9 Å². The molecule has 0 saturated heterocycles. The summed E-state index contributed by atoms with van der Waals surface area (Å²) in [6, 6.07) is 8.03. The van der Waals surface area contributed by atoms with Gasteiger partial charge in [0, 0.05) is 24.0 Å². The zero-order chi connectivity index (χ0) is 15.0. The summed E-state index contributed by atoms with van der Waals surface area (Å²) >= 11 is 0. The molecule has 0 fully saturated rings. The van der Waals surface area contributed by atoms with Gasteiger partial charge in [0.25, 0.3) is 0 Å². The molecule has 3 aromatic heterocycles. The maximum absolute atomic E-state index is 5.12. The Morgan fingerprint density at radius 3 is 2.62 bits per heavy atom. The van der Waals surface area contributed by atoms with E-state index < -0.39 is 0 Å². The third kappa shape index (κ3) is 2.27. The minimum Gasteiger partial charge on any atom is -0.481 e. The minimum atomic E-state index is 0.374. The first-order valence-corrected chi connectivity index (χ1v) is 7.09. The SMILES string of the molecule is COc1ccc(-c2nc3c(C)cccn3c2C(C)C)cn1. The molecule has 0 atom stereocenters. The molecular formula is C17H19N3O. The smallest absolute Gasteiger partial charge is 0.212 e. The Morgan fingerprint density at radius 2 is 2.00 bits per heavy atom. The number of methoxy groups -OCH3 is 1. The minimum absolute atomic E-state index is 0.374. The number of pyridine rings is 2. The summed E-state index contributed by atoms with van der Waals surface area (Å²) < 4.78 is 7.30. The highest BCUT2D eigenvalue weighted by molar-refractivity contribution is 5.68. The number of hydrogen-bond donors (Lipinski definition) is 0. The van der Waals surface area contributed by atoms with Gasteiger partial charge in [-0.15, -0.1) is 0 Å². The maximum atomic E-state index is 5.12. The topological polar surface area (TPSA) is 39.4 Å². The lowest BCUT2D eigenvalue weighted by molar-refractivity contribution is 0.398. The van der Waals surface area contributed by atoms with Gasteiger partial charge in [-0.05, 0) is 30.5 Å². The molecule has 0 unspecified atom stereocenters. The van der Waals surface area contributed by atoms with Gasteiger partial charge >= 0.3 is 0 Å². The van der Waals surface area contributed by atoms with Crippen molar-refractivity contribution in [2.75, 3.05) is 7.11 Å². The molecule has 3 aromatic rings. The first kappa shape index (κ1) is 13.6. The number of fused-ring (bicyclic) bond motifs is 1. The fourth-order valence-corrected chi connectivity index (χ4v) is 2.63. The van der Waals surface area contributed by atoms with Crippen LogP contribution in [0.5, 0.6) is 5.88 Å². The van der Waals surface area contributed by atoms with Crippen LogP contribution in [0.15, 0.2) is 36.7 Å². The van der Waals surface area contributed by atoms with Gasteiger partial charge in [0.05, 0.1) is 18.5 Å². The molecule has 21 heavy (non-hydrogen) atoms. The van der Waals surface area contributed by atoms with Crippen molar-refractivity contribution in [2.24, 2.45) is 0 Å². The molecule has 108 valence electrons. The van der Waals surface area contributed by atoms with E-state index in [1.54, 1.807) is 7.11 Å². The predicted octanol–water partition coefficient (Wildman–Crippen LogP) is 3.84. The third-order valence-corrected chi connectivity index (χ3v) is 3.65. The van der Waals surface area contributed by atoms with Crippen LogP contribution >= 0.6 is 0 Å². The van der Waals surface area contributed by atoms with Gasteiger partial charge in [0.1, 0.15) is 5.65 Å². The lowest BCUT2D eigenvalue weighted by Gasteiger charge is -2.09. The van der Waals surface area contributed by atoms with Gasteiger partial charge in [-0.25, -0.2) is 9.97 Å². The summed E-state index contributed by atoms with van der Waals surface area (Å²) in [6.07, 6.45) is 3.90. The molecule has 3 rings (SSSR count). The van der Waals surface area contributed by atoms with Crippen molar-refractivity contribution >= 4 is 5.65 Å². The van der Waals surface area contributed by atoms with Crippen molar-refractivity contribution in [3.8, 4) is 17.1 Å². The van der Waals surface area contributed by atoms with E-state index in [-0.39, 0.29) is 0 Å². The normalized spacial score (nSPS) is 11.3. The molecule has 4 heteroatoms. The van der Waals surface area contributed by atoms with Crippen molar-refractivity contribution in [1.29, 1.82) is 0 Å². The van der Waals surface area contributed by atoms with E-state index in [9.17, 15) is 0 Å². The Labute approximate surface area is 124 Å². The van der Waals surface area contributed by atoms with Crippen LogP contribution in [0.2, 0.25) is 0 Å². The molecular weight excluding hydrogens is 262 g/mol. The van der Waals surface area contributed by atoms with Crippen LogP contribution in [0.1, 0.15) is 31.0 Å². The van der Waals surface area contributed by atoms with Gasteiger partial charge in [-0.2, -0.15) is 0 Å². The van der Waals surface area contributed by atoms with E-state index >= 15 is 0 Å². The molecule has 0 bridgehead atoms. The molecule has 0 N–H and O–H groups in total. The summed E-state index contributed by atoms with van der Waals surface area (Å²) in [5, 5.41) is 0. The number of ether oxygens (including phenoxy) is 1. The van der Waals surface area contributed by atoms with Crippen molar-refractivity contribution in [2.45, 2.75) is 26.7 Å². The maximum Gasteiger partial charge on any atom is 0.212 e. The van der Waals surface area contributed by atoms with E-state index in [1.165, 1.54) is 11.3 Å². The second-order valence-electron chi connectivity index (χ2n) is 5.47. The van der Waals surface area contributed by atoms with Crippen LogP contribution in [0.4, 0.5) is 0 Å². The van der Waals surface area contributed by atoms with Crippen LogP contribution in [0.3, 0.4) is 0 Å². The monoisotopic (exact) mass is 281 g/mol. The highest BCUT2D eigenvalue weighted by Gasteiger charge is 2.17. The molecule has 0 aromatic carbocycles. The van der Waals surface area contributed by atoms with Gasteiger partial charge in [0.2, 0.25) is 5.88 Å². The summed E-state index contributed by atoms with van der Waals surface area (Å²) in [7, 11) is 1.62.